The van der Waals surface area contributed by atoms with Crippen molar-refractivity contribution in [1.82, 2.24) is 29.9 Å². The number of aromatic nitrogens is 6. The maximum Gasteiger partial charge on any atom is 0.285 e. The number of aromatic hydroxyl groups is 2. The van der Waals surface area contributed by atoms with Crippen molar-refractivity contribution in [3.63, 3.8) is 0 Å². The van der Waals surface area contributed by atoms with Crippen molar-refractivity contribution in [1.29, 1.82) is 0 Å². The third-order valence-electron chi connectivity index (χ3n) is 15.7. The number of phenolic OH excluding ortho intramolecular Hbond substituents is 2. The summed E-state index contributed by atoms with van der Waals surface area (Å²) in [5.41, 5.74) is 18.2. The molecule has 108 heavy (non-hydrogen) atoms. The number of aliphatic imine (C=N–C) groups is 1. The summed E-state index contributed by atoms with van der Waals surface area (Å²) < 4.78 is 0. The smallest absolute Gasteiger partial charge is 0.285 e. The average Bonchev–Trinajstić information content (AvgIpc) is 1.26. The van der Waals surface area contributed by atoms with Gasteiger partial charge in [-0.1, -0.05) is 183 Å². The molecule has 16 nitrogen and oxygen atoms in total. The summed E-state index contributed by atoms with van der Waals surface area (Å²) >= 11 is 0. The summed E-state index contributed by atoms with van der Waals surface area (Å²) in [6, 6.07) is 98.4. The van der Waals surface area contributed by atoms with Crippen LogP contribution in [0.25, 0.3) is 121 Å². The van der Waals surface area contributed by atoms with Gasteiger partial charge in [0.05, 0.1) is 59.4 Å². The first-order valence-electron chi connectivity index (χ1n) is 33.0. The van der Waals surface area contributed by atoms with Crippen LogP contribution in [-0.4, -0.2) is 83.3 Å². The monoisotopic (exact) mass is 1950 g/mol. The SMILES string of the molecule is CN=Cc1ccccc1O.O=C(O)C1CCC[N-]1.O=Cc1ccccc1O.[C-]#[N+]c1cccc(-c2cnc(-c3[c-]cccc3)c(-c3ccccc3)n2)c1.[C-]#[N+]c1cccc(-c2cnc(-c3[c-]cccc3)c(-c3ccccc3)n2)c1.[C-]#[N+]c1cccc(-c2cnc(-c3[c-]cccc3)c(-c3ccccc3)n2)c1.[Ir].[Ir].[Ir]. The number of carbonyl (C=O) groups is 2. The van der Waals surface area contributed by atoms with Crippen LogP contribution in [0.2, 0.25) is 0 Å². The van der Waals surface area contributed by atoms with Crippen LogP contribution < -0.4 is 0 Å². The first kappa shape index (κ1) is 82.7. The number of carboxylic acid groups (broad SMARTS) is 1. The van der Waals surface area contributed by atoms with Gasteiger partial charge in [-0.05, 0) is 81.9 Å². The van der Waals surface area contributed by atoms with Crippen molar-refractivity contribution in [3.05, 3.63) is 373 Å². The number of carboxylic acids is 1. The normalized spacial score (nSPS) is 11.2. The third kappa shape index (κ3) is 23.5. The van der Waals surface area contributed by atoms with Crippen molar-refractivity contribution in [2.75, 3.05) is 13.6 Å². The van der Waals surface area contributed by atoms with Crippen LogP contribution in [0, 0.1) is 37.9 Å². The molecule has 3 radical (unpaired) electrons. The molecule has 1 unspecified atom stereocenters. The summed E-state index contributed by atoms with van der Waals surface area (Å²) in [5.74, 6) is -0.469. The molecular formula is C89H65Ir3N11O5-4. The van der Waals surface area contributed by atoms with E-state index in [1.807, 2.05) is 231 Å². The van der Waals surface area contributed by atoms with E-state index < -0.39 is 12.0 Å². The molecule has 3 N–H and O–H groups in total. The fourth-order valence-corrected chi connectivity index (χ4v) is 10.5. The fraction of sp³-hybridized carbons (Fsp3) is 0.0562. The standard InChI is InChI=1S/3C23H14N3.C8H9NO.C7H6O2.C5H8NO2.3Ir/c3*1-24-20-14-8-13-19(15-20)21-16-25-22(17-9-4-2-5-10-17)23(26-21)18-11-6-3-7-12-18;1-9-6-7-4-2-3-5-8(7)10;8-5-6-3-1-2-4-7(6)9;7-5(8)4-2-1-3-6-4;;;/h3*2-9,11-16H;2-6,10H,1H3;1-5,9H;4H,1-3H2,(H,7,8);;;/q3*-1;;;-1;;;. The Morgan fingerprint density at radius 2 is 0.759 bits per heavy atom. The molecule has 15 rings (SSSR count). The summed E-state index contributed by atoms with van der Waals surface area (Å²) in [4.78, 5) is 63.2. The van der Waals surface area contributed by atoms with Crippen LogP contribution in [0.5, 0.6) is 11.5 Å². The molecule has 19 heteroatoms. The van der Waals surface area contributed by atoms with Gasteiger partial charge in [0.1, 0.15) is 11.5 Å². The predicted octanol–water partition coefficient (Wildman–Crippen LogP) is 20.7. The maximum atomic E-state index is 10.1. The zero-order chi connectivity index (χ0) is 73.4. The second-order valence-corrected chi connectivity index (χ2v) is 22.8. The Morgan fingerprint density at radius 3 is 1.03 bits per heavy atom. The number of rotatable bonds is 12. The average molecular weight is 1950 g/mol. The molecular weight excluding hydrogens is 1880 g/mol. The van der Waals surface area contributed by atoms with E-state index in [0.717, 1.165) is 126 Å². The Morgan fingerprint density at radius 1 is 0.435 bits per heavy atom. The zero-order valence-electron chi connectivity index (χ0n) is 57.8. The molecule has 11 aromatic carbocycles. The molecule has 1 fully saturated rings. The molecule has 0 bridgehead atoms. The number of phenols is 2. The Hall–Kier alpha value is -12.6. The number of benzene rings is 11. The van der Waals surface area contributed by atoms with E-state index in [9.17, 15) is 9.59 Å². The van der Waals surface area contributed by atoms with E-state index in [1.54, 1.807) is 80.4 Å². The van der Waals surface area contributed by atoms with Gasteiger partial charge in [0, 0.05) is 115 Å². The van der Waals surface area contributed by atoms with Crippen LogP contribution in [0.3, 0.4) is 0 Å². The van der Waals surface area contributed by atoms with Gasteiger partial charge in [-0.3, -0.25) is 29.5 Å². The molecule has 537 valence electrons. The number of hydrogen-bond donors (Lipinski definition) is 3. The first-order chi connectivity index (χ1) is 51.5. The van der Waals surface area contributed by atoms with Gasteiger partial charge in [0.25, 0.3) is 5.97 Å². The van der Waals surface area contributed by atoms with Gasteiger partial charge in [-0.2, -0.15) is 0 Å². The maximum absolute atomic E-state index is 10.1. The molecule has 0 spiro atoms. The van der Waals surface area contributed by atoms with Crippen molar-refractivity contribution < 1.29 is 85.2 Å². The van der Waals surface area contributed by atoms with Crippen molar-refractivity contribution in [2.24, 2.45) is 4.99 Å². The van der Waals surface area contributed by atoms with Gasteiger partial charge in [0.15, 0.2) is 23.3 Å². The molecule has 4 heterocycles. The van der Waals surface area contributed by atoms with Crippen molar-refractivity contribution in [2.45, 2.75) is 18.9 Å². The zero-order valence-corrected chi connectivity index (χ0v) is 65.0. The number of aldehydes is 1. The molecule has 0 amide bonds. The van der Waals surface area contributed by atoms with E-state index in [2.05, 4.69) is 58.0 Å². The van der Waals surface area contributed by atoms with E-state index in [1.165, 1.54) is 6.07 Å². The summed E-state index contributed by atoms with van der Waals surface area (Å²) in [6.07, 6.45) is 9.18. The van der Waals surface area contributed by atoms with E-state index in [4.69, 9.17) is 50.0 Å². The van der Waals surface area contributed by atoms with E-state index >= 15 is 0 Å². The van der Waals surface area contributed by atoms with Crippen LogP contribution in [0.4, 0.5) is 17.1 Å². The van der Waals surface area contributed by atoms with Gasteiger partial charge >= 0.3 is 0 Å². The molecule has 1 aliphatic rings. The van der Waals surface area contributed by atoms with Gasteiger partial charge in [0.2, 0.25) is 0 Å². The summed E-state index contributed by atoms with van der Waals surface area (Å²) in [5, 5.41) is 30.2. The molecule has 1 atom stereocenters. The Bertz CT molecular complexity index is 4930. The molecule has 0 saturated carbocycles. The van der Waals surface area contributed by atoms with Gasteiger partial charge in [-0.25, -0.2) is 14.5 Å². The number of aliphatic carboxylic acids is 1. The van der Waals surface area contributed by atoms with E-state index in [0.29, 0.717) is 28.9 Å². The first-order valence-corrected chi connectivity index (χ1v) is 33.0. The number of para-hydroxylation sites is 2. The van der Waals surface area contributed by atoms with Crippen LogP contribution in [0.1, 0.15) is 28.8 Å². The molecule has 1 aliphatic heterocycles. The summed E-state index contributed by atoms with van der Waals surface area (Å²) in [6.45, 7) is 22.4. The van der Waals surface area contributed by atoms with Crippen molar-refractivity contribution in [3.8, 4) is 113 Å². The quantitative estimate of drug-likeness (QED) is 0.0595. The molecule has 14 aromatic rings. The van der Waals surface area contributed by atoms with Crippen LogP contribution >= 0.6 is 0 Å². The van der Waals surface area contributed by atoms with Crippen LogP contribution in [0.15, 0.2) is 309 Å². The van der Waals surface area contributed by atoms with Gasteiger partial charge < -0.3 is 35.6 Å². The Balaban J connectivity index is 0.000000190. The summed E-state index contributed by atoms with van der Waals surface area (Å²) in [7, 11) is 1.67. The van der Waals surface area contributed by atoms with Crippen LogP contribution in [-0.2, 0) is 65.1 Å². The minimum absolute atomic E-state index is 0. The molecule has 0 aliphatic carbocycles. The topological polar surface area (TPSA) is 212 Å². The minimum atomic E-state index is -0.775. The predicted molar refractivity (Wildman–Crippen MR) is 414 cm³/mol. The molecule has 1 saturated heterocycles. The van der Waals surface area contributed by atoms with Crippen molar-refractivity contribution >= 4 is 35.5 Å². The molecule has 3 aromatic heterocycles. The Labute approximate surface area is 668 Å². The largest absolute Gasteiger partial charge is 0.650 e. The fourth-order valence-electron chi connectivity index (χ4n) is 10.5. The van der Waals surface area contributed by atoms with Gasteiger partial charge in [-0.15, -0.1) is 114 Å². The number of hydrogen-bond acceptors (Lipinski definition) is 11. The van der Waals surface area contributed by atoms with E-state index in [-0.39, 0.29) is 71.8 Å². The third-order valence-corrected chi connectivity index (χ3v) is 15.7. The number of carbonyl (C=O) groups excluding carboxylic acids is 1. The minimum Gasteiger partial charge on any atom is -0.650 e. The second kappa shape index (κ2) is 43.7. The Kier molecular flexibility index (Phi) is 33.4. The second-order valence-electron chi connectivity index (χ2n) is 22.8. The number of nitrogens with zero attached hydrogens (tertiary/aromatic N) is 11.